The van der Waals surface area contributed by atoms with Crippen LogP contribution in [0, 0.1) is 6.92 Å². The van der Waals surface area contributed by atoms with E-state index in [-0.39, 0.29) is 12.0 Å². The van der Waals surface area contributed by atoms with Crippen LogP contribution in [0.4, 0.5) is 5.82 Å². The summed E-state index contributed by atoms with van der Waals surface area (Å²) < 4.78 is 4.85. The first-order valence-electron chi connectivity index (χ1n) is 6.34. The monoisotopic (exact) mass is 249 g/mol. The van der Waals surface area contributed by atoms with Crippen molar-refractivity contribution in [3.05, 3.63) is 17.6 Å². The topological polar surface area (TPSA) is 55.3 Å². The quantitative estimate of drug-likeness (QED) is 0.760. The molecule has 18 heavy (non-hydrogen) atoms. The molecule has 1 aliphatic heterocycles. The maximum absolute atomic E-state index is 11.7. The van der Waals surface area contributed by atoms with Crippen molar-refractivity contribution in [1.29, 1.82) is 0 Å². The number of nitrogens with zero attached hydrogens (tertiary/aromatic N) is 3. The Labute approximate surface area is 107 Å². The number of carbonyl (C=O) groups is 1. The van der Waals surface area contributed by atoms with Gasteiger partial charge in [0.25, 0.3) is 0 Å². The van der Waals surface area contributed by atoms with Crippen molar-refractivity contribution in [2.24, 2.45) is 0 Å². The smallest absolute Gasteiger partial charge is 0.328 e. The molecular weight excluding hydrogens is 230 g/mol. The van der Waals surface area contributed by atoms with E-state index in [1.807, 2.05) is 17.9 Å². The van der Waals surface area contributed by atoms with Crippen LogP contribution in [0.1, 0.15) is 31.3 Å². The lowest BCUT2D eigenvalue weighted by atomic mass is 10.2. The summed E-state index contributed by atoms with van der Waals surface area (Å²) in [5.41, 5.74) is 1.01. The molecule has 1 saturated heterocycles. The zero-order valence-electron chi connectivity index (χ0n) is 11.1. The molecule has 1 fully saturated rings. The Kier molecular flexibility index (Phi) is 3.79. The SMILES string of the molecule is CCc1cc(N2CCCC2C(=O)OC)nc(C)n1. The van der Waals surface area contributed by atoms with Crippen molar-refractivity contribution in [2.75, 3.05) is 18.6 Å². The minimum absolute atomic E-state index is 0.179. The molecule has 98 valence electrons. The van der Waals surface area contributed by atoms with Crippen molar-refractivity contribution >= 4 is 11.8 Å². The summed E-state index contributed by atoms with van der Waals surface area (Å²) in [6.07, 6.45) is 2.69. The summed E-state index contributed by atoms with van der Waals surface area (Å²) in [7, 11) is 1.43. The van der Waals surface area contributed by atoms with Crippen LogP contribution in [0.15, 0.2) is 6.07 Å². The third-order valence-electron chi connectivity index (χ3n) is 3.26. The fourth-order valence-electron chi connectivity index (χ4n) is 2.36. The van der Waals surface area contributed by atoms with Gasteiger partial charge in [0.15, 0.2) is 0 Å². The van der Waals surface area contributed by atoms with E-state index in [2.05, 4.69) is 16.9 Å². The van der Waals surface area contributed by atoms with Gasteiger partial charge in [-0.15, -0.1) is 0 Å². The van der Waals surface area contributed by atoms with Crippen molar-refractivity contribution in [3.8, 4) is 0 Å². The zero-order valence-corrected chi connectivity index (χ0v) is 11.1. The molecule has 0 amide bonds. The van der Waals surface area contributed by atoms with Gasteiger partial charge in [-0.3, -0.25) is 0 Å². The second kappa shape index (κ2) is 5.33. The molecule has 1 aromatic heterocycles. The maximum Gasteiger partial charge on any atom is 0.328 e. The normalized spacial score (nSPS) is 19.1. The molecule has 0 bridgehead atoms. The maximum atomic E-state index is 11.7. The number of methoxy groups -OCH3 is 1. The standard InChI is InChI=1S/C13H19N3O2/c1-4-10-8-12(15-9(2)14-10)16-7-5-6-11(16)13(17)18-3/h8,11H,4-7H2,1-3H3. The van der Waals surface area contributed by atoms with Crippen LogP contribution in [0.2, 0.25) is 0 Å². The molecule has 0 radical (unpaired) electrons. The average molecular weight is 249 g/mol. The molecule has 1 aromatic rings. The Balaban J connectivity index is 2.29. The Morgan fingerprint density at radius 1 is 1.56 bits per heavy atom. The molecule has 1 atom stereocenters. The fourth-order valence-corrected chi connectivity index (χ4v) is 2.36. The van der Waals surface area contributed by atoms with Gasteiger partial charge in [0.2, 0.25) is 0 Å². The predicted molar refractivity (Wildman–Crippen MR) is 68.5 cm³/mol. The summed E-state index contributed by atoms with van der Waals surface area (Å²) in [4.78, 5) is 22.6. The number of rotatable bonds is 3. The number of carbonyl (C=O) groups excluding carboxylic acids is 1. The van der Waals surface area contributed by atoms with Crippen molar-refractivity contribution in [2.45, 2.75) is 39.2 Å². The van der Waals surface area contributed by atoms with Gasteiger partial charge in [-0.05, 0) is 26.2 Å². The van der Waals surface area contributed by atoms with E-state index in [9.17, 15) is 4.79 Å². The number of anilines is 1. The van der Waals surface area contributed by atoms with Crippen LogP contribution in [0.3, 0.4) is 0 Å². The van der Waals surface area contributed by atoms with E-state index < -0.39 is 0 Å². The number of aromatic nitrogens is 2. The van der Waals surface area contributed by atoms with E-state index >= 15 is 0 Å². The predicted octanol–water partition coefficient (Wildman–Crippen LogP) is 1.49. The lowest BCUT2D eigenvalue weighted by Crippen LogP contribution is -2.37. The third kappa shape index (κ3) is 2.44. The summed E-state index contributed by atoms with van der Waals surface area (Å²) in [5, 5.41) is 0. The Hall–Kier alpha value is -1.65. The van der Waals surface area contributed by atoms with Crippen molar-refractivity contribution < 1.29 is 9.53 Å². The highest BCUT2D eigenvalue weighted by molar-refractivity contribution is 5.80. The van der Waals surface area contributed by atoms with Gasteiger partial charge < -0.3 is 9.64 Å². The van der Waals surface area contributed by atoms with Gasteiger partial charge in [0, 0.05) is 18.3 Å². The van der Waals surface area contributed by atoms with E-state index in [1.54, 1.807) is 0 Å². The van der Waals surface area contributed by atoms with Gasteiger partial charge in [0.05, 0.1) is 7.11 Å². The van der Waals surface area contributed by atoms with Crippen LogP contribution in [-0.2, 0) is 16.0 Å². The molecule has 0 spiro atoms. The number of aryl methyl sites for hydroxylation is 2. The zero-order chi connectivity index (χ0) is 13.1. The molecule has 2 rings (SSSR count). The highest BCUT2D eigenvalue weighted by Crippen LogP contribution is 2.25. The number of hydrogen-bond acceptors (Lipinski definition) is 5. The van der Waals surface area contributed by atoms with Crippen LogP contribution in [0.5, 0.6) is 0 Å². The molecule has 5 nitrogen and oxygen atoms in total. The van der Waals surface area contributed by atoms with Crippen LogP contribution < -0.4 is 4.90 Å². The molecular formula is C13H19N3O2. The Morgan fingerprint density at radius 2 is 2.33 bits per heavy atom. The molecule has 0 N–H and O–H groups in total. The first-order valence-corrected chi connectivity index (χ1v) is 6.34. The first kappa shape index (κ1) is 12.8. The van der Waals surface area contributed by atoms with Gasteiger partial charge in [0.1, 0.15) is 17.7 Å². The van der Waals surface area contributed by atoms with E-state index in [0.717, 1.165) is 43.1 Å². The number of hydrogen-bond donors (Lipinski definition) is 0. The first-order chi connectivity index (χ1) is 8.65. The summed E-state index contributed by atoms with van der Waals surface area (Å²) >= 11 is 0. The lowest BCUT2D eigenvalue weighted by Gasteiger charge is -2.24. The van der Waals surface area contributed by atoms with Crippen molar-refractivity contribution in [1.82, 2.24) is 9.97 Å². The second-order valence-electron chi connectivity index (χ2n) is 4.49. The van der Waals surface area contributed by atoms with Gasteiger partial charge >= 0.3 is 5.97 Å². The van der Waals surface area contributed by atoms with Gasteiger partial charge in [-0.25, -0.2) is 14.8 Å². The second-order valence-corrected chi connectivity index (χ2v) is 4.49. The van der Waals surface area contributed by atoms with Crippen LogP contribution in [-0.4, -0.2) is 35.6 Å². The van der Waals surface area contributed by atoms with Gasteiger partial charge in [-0.1, -0.05) is 6.92 Å². The van der Waals surface area contributed by atoms with Gasteiger partial charge in [-0.2, -0.15) is 0 Å². The highest BCUT2D eigenvalue weighted by atomic mass is 16.5. The summed E-state index contributed by atoms with van der Waals surface area (Å²) in [5.74, 6) is 1.41. The number of ether oxygens (including phenoxy) is 1. The Morgan fingerprint density at radius 3 is 3.00 bits per heavy atom. The minimum atomic E-state index is -0.200. The van der Waals surface area contributed by atoms with Crippen molar-refractivity contribution in [3.63, 3.8) is 0 Å². The molecule has 0 saturated carbocycles. The van der Waals surface area contributed by atoms with Crippen LogP contribution >= 0.6 is 0 Å². The molecule has 5 heteroatoms. The van der Waals surface area contributed by atoms with E-state index in [4.69, 9.17) is 4.74 Å². The lowest BCUT2D eigenvalue weighted by molar-refractivity contribution is -0.141. The van der Waals surface area contributed by atoms with E-state index in [1.165, 1.54) is 7.11 Å². The summed E-state index contributed by atoms with van der Waals surface area (Å²) in [6.45, 7) is 4.79. The largest absolute Gasteiger partial charge is 0.467 e. The Bertz CT molecular complexity index is 448. The average Bonchev–Trinajstić information content (AvgIpc) is 2.86. The molecule has 0 aromatic carbocycles. The summed E-state index contributed by atoms with van der Waals surface area (Å²) in [6, 6.07) is 1.77. The highest BCUT2D eigenvalue weighted by Gasteiger charge is 2.32. The molecule has 1 unspecified atom stereocenters. The van der Waals surface area contributed by atoms with Crippen LogP contribution in [0.25, 0.3) is 0 Å². The third-order valence-corrected chi connectivity index (χ3v) is 3.26. The number of esters is 1. The molecule has 2 heterocycles. The fraction of sp³-hybridized carbons (Fsp3) is 0.615. The molecule has 1 aliphatic rings. The minimum Gasteiger partial charge on any atom is -0.467 e. The molecule has 0 aliphatic carbocycles. The van der Waals surface area contributed by atoms with E-state index in [0.29, 0.717) is 0 Å².